The van der Waals surface area contributed by atoms with E-state index in [9.17, 15) is 0 Å². The molecule has 1 aliphatic rings. The maximum absolute atomic E-state index is 5.93. The normalized spacial score (nSPS) is 12.1. The molecule has 0 unspecified atom stereocenters. The molecule has 4 rings (SSSR count). The Labute approximate surface area is 234 Å². The summed E-state index contributed by atoms with van der Waals surface area (Å²) in [5.74, 6) is 24.3. The van der Waals surface area contributed by atoms with Gasteiger partial charge in [-0.25, -0.2) is 0 Å². The fourth-order valence-electron chi connectivity index (χ4n) is 3.59. The van der Waals surface area contributed by atoms with Crippen molar-refractivity contribution in [3.8, 4) is 59.4 Å². The molecule has 0 amide bonds. The minimum absolute atomic E-state index is 0.589. The lowest BCUT2D eigenvalue weighted by Crippen LogP contribution is -2.02. The molecule has 1 fully saturated rings. The van der Waals surface area contributed by atoms with Gasteiger partial charge in [0.05, 0.1) is 30.3 Å². The summed E-state index contributed by atoms with van der Waals surface area (Å²) in [7, 11) is 0. The number of benzene rings is 3. The van der Waals surface area contributed by atoms with Gasteiger partial charge in [0.1, 0.15) is 11.5 Å². The van der Waals surface area contributed by atoms with Crippen molar-refractivity contribution in [1.82, 2.24) is 0 Å². The van der Waals surface area contributed by atoms with Gasteiger partial charge in [0.2, 0.25) is 0 Å². The van der Waals surface area contributed by atoms with E-state index in [1.807, 2.05) is 86.3 Å². The molecule has 0 heterocycles. The lowest BCUT2D eigenvalue weighted by atomic mass is 10.1. The van der Waals surface area contributed by atoms with Crippen LogP contribution in [0, 0.1) is 79.5 Å². The molecule has 0 spiro atoms. The molecular formula is C37H29O2. The Morgan fingerprint density at radius 1 is 0.564 bits per heavy atom. The second-order valence-corrected chi connectivity index (χ2v) is 8.76. The van der Waals surface area contributed by atoms with Gasteiger partial charge in [0.25, 0.3) is 0 Å². The molecule has 0 bridgehead atoms. The third-order valence-electron chi connectivity index (χ3n) is 5.64. The van der Waals surface area contributed by atoms with Crippen molar-refractivity contribution in [1.29, 1.82) is 0 Å². The SMILES string of the molecule is C#Cc1cc(OCCC)c(C#Cc2ccc(C#Cc3ccc(C#C[C]4[CH][CH][CH][CH]4)cc3)cc2)cc1OCCC. The van der Waals surface area contributed by atoms with Crippen LogP contribution in [0.15, 0.2) is 60.7 Å². The summed E-state index contributed by atoms with van der Waals surface area (Å²) in [5.41, 5.74) is 5.12. The summed E-state index contributed by atoms with van der Waals surface area (Å²) in [5, 5.41) is 0. The molecule has 1 saturated carbocycles. The smallest absolute Gasteiger partial charge is 0.136 e. The van der Waals surface area contributed by atoms with E-state index in [0.29, 0.717) is 30.3 Å². The van der Waals surface area contributed by atoms with Crippen LogP contribution in [0.2, 0.25) is 0 Å². The third-order valence-corrected chi connectivity index (χ3v) is 5.64. The van der Waals surface area contributed by atoms with E-state index in [-0.39, 0.29) is 0 Å². The summed E-state index contributed by atoms with van der Waals surface area (Å²) in [6.07, 6.45) is 15.5. The molecule has 3 aromatic carbocycles. The lowest BCUT2D eigenvalue weighted by molar-refractivity contribution is 0.307. The Morgan fingerprint density at radius 3 is 1.44 bits per heavy atom. The number of rotatable bonds is 6. The molecule has 39 heavy (non-hydrogen) atoms. The minimum atomic E-state index is 0.589. The quantitative estimate of drug-likeness (QED) is 0.343. The predicted octanol–water partition coefficient (Wildman–Crippen LogP) is 6.80. The van der Waals surface area contributed by atoms with Crippen molar-refractivity contribution >= 4 is 0 Å². The molecule has 0 atom stereocenters. The molecular weight excluding hydrogens is 476 g/mol. The molecule has 0 saturated heterocycles. The average molecular weight is 506 g/mol. The summed E-state index contributed by atoms with van der Waals surface area (Å²) in [4.78, 5) is 0. The highest BCUT2D eigenvalue weighted by Crippen LogP contribution is 2.29. The van der Waals surface area contributed by atoms with E-state index >= 15 is 0 Å². The zero-order valence-electron chi connectivity index (χ0n) is 22.3. The fraction of sp³-hybridized carbons (Fsp3) is 0.162. The molecule has 5 radical (unpaired) electrons. The first-order chi connectivity index (χ1) is 19.2. The second kappa shape index (κ2) is 14.4. The van der Waals surface area contributed by atoms with Crippen LogP contribution in [0.1, 0.15) is 60.1 Å². The van der Waals surface area contributed by atoms with Gasteiger partial charge in [0.15, 0.2) is 0 Å². The van der Waals surface area contributed by atoms with Crippen LogP contribution in [0.3, 0.4) is 0 Å². The van der Waals surface area contributed by atoms with Crippen LogP contribution in [0.4, 0.5) is 0 Å². The van der Waals surface area contributed by atoms with Crippen LogP contribution in [0.5, 0.6) is 11.5 Å². The Kier molecular flexibility index (Phi) is 10.2. The molecule has 189 valence electrons. The topological polar surface area (TPSA) is 18.5 Å². The van der Waals surface area contributed by atoms with E-state index in [4.69, 9.17) is 15.9 Å². The highest BCUT2D eigenvalue weighted by Gasteiger charge is 2.13. The third kappa shape index (κ3) is 8.24. The van der Waals surface area contributed by atoms with Crippen LogP contribution >= 0.6 is 0 Å². The van der Waals surface area contributed by atoms with Crippen molar-refractivity contribution in [2.24, 2.45) is 0 Å². The standard InChI is InChI=1S/C37H29O2/c1-4-25-38-36-28-35(37(39-26-5-2)27-34(36)6-3)24-23-33-21-19-32(20-22-33)18-17-31-15-13-30(14-16-31)12-11-29-9-7-8-10-29/h3,7-10,13-16,19-22,27-28H,4-5,25-26H2,1-2H3. The first kappa shape index (κ1) is 27.5. The van der Waals surface area contributed by atoms with Gasteiger partial charge < -0.3 is 9.47 Å². The van der Waals surface area contributed by atoms with Gasteiger partial charge in [-0.2, -0.15) is 0 Å². The van der Waals surface area contributed by atoms with E-state index in [0.717, 1.165) is 46.6 Å². The van der Waals surface area contributed by atoms with Gasteiger partial charge in [-0.15, -0.1) is 6.42 Å². The molecule has 1 aliphatic carbocycles. The Morgan fingerprint density at radius 2 is 0.974 bits per heavy atom. The summed E-state index contributed by atoms with van der Waals surface area (Å²) >= 11 is 0. The van der Waals surface area contributed by atoms with Gasteiger partial charge >= 0.3 is 0 Å². The van der Waals surface area contributed by atoms with E-state index < -0.39 is 0 Å². The zero-order chi connectivity index (χ0) is 27.3. The predicted molar refractivity (Wildman–Crippen MR) is 158 cm³/mol. The lowest BCUT2D eigenvalue weighted by Gasteiger charge is -2.12. The van der Waals surface area contributed by atoms with E-state index in [1.54, 1.807) is 0 Å². The average Bonchev–Trinajstić information content (AvgIpc) is 3.51. The Hall–Kier alpha value is -4.50. The maximum Gasteiger partial charge on any atom is 0.136 e. The van der Waals surface area contributed by atoms with Crippen molar-refractivity contribution in [2.45, 2.75) is 26.7 Å². The van der Waals surface area contributed by atoms with Crippen molar-refractivity contribution in [2.75, 3.05) is 13.2 Å². The van der Waals surface area contributed by atoms with Crippen molar-refractivity contribution < 1.29 is 9.47 Å². The van der Waals surface area contributed by atoms with E-state index in [2.05, 4.69) is 55.3 Å². The van der Waals surface area contributed by atoms with Gasteiger partial charge in [-0.3, -0.25) is 0 Å². The van der Waals surface area contributed by atoms with Crippen LogP contribution in [-0.4, -0.2) is 13.2 Å². The molecule has 0 N–H and O–H groups in total. The number of hydrogen-bond acceptors (Lipinski definition) is 2. The molecule has 2 heteroatoms. The first-order valence-electron chi connectivity index (χ1n) is 13.1. The number of terminal acetylenes is 1. The molecule has 0 aliphatic heterocycles. The minimum Gasteiger partial charge on any atom is -0.492 e. The monoisotopic (exact) mass is 505 g/mol. The maximum atomic E-state index is 5.93. The fourth-order valence-corrected chi connectivity index (χ4v) is 3.59. The van der Waals surface area contributed by atoms with Crippen LogP contribution in [-0.2, 0) is 0 Å². The van der Waals surface area contributed by atoms with Crippen molar-refractivity contribution in [3.63, 3.8) is 0 Å². The van der Waals surface area contributed by atoms with Gasteiger partial charge in [-0.1, -0.05) is 55.3 Å². The van der Waals surface area contributed by atoms with Gasteiger partial charge in [0, 0.05) is 34.4 Å². The molecule has 3 aromatic rings. The van der Waals surface area contributed by atoms with Crippen LogP contribution in [0.25, 0.3) is 0 Å². The van der Waals surface area contributed by atoms with E-state index in [1.165, 1.54) is 0 Å². The van der Waals surface area contributed by atoms with Crippen LogP contribution < -0.4 is 9.47 Å². The van der Waals surface area contributed by atoms with Crippen molar-refractivity contribution in [3.05, 3.63) is 126 Å². The summed E-state index contributed by atoms with van der Waals surface area (Å²) < 4.78 is 11.8. The molecule has 2 nitrogen and oxygen atoms in total. The Balaban J connectivity index is 1.46. The first-order valence-corrected chi connectivity index (χ1v) is 13.1. The largest absolute Gasteiger partial charge is 0.492 e. The highest BCUT2D eigenvalue weighted by molar-refractivity contribution is 5.59. The highest BCUT2D eigenvalue weighted by atomic mass is 16.5. The summed E-state index contributed by atoms with van der Waals surface area (Å²) in [6.45, 7) is 5.30. The number of hydrogen-bond donors (Lipinski definition) is 0. The number of ether oxygens (including phenoxy) is 2. The second-order valence-electron chi connectivity index (χ2n) is 8.76. The molecule has 0 aromatic heterocycles. The Bertz CT molecular complexity index is 1480. The zero-order valence-corrected chi connectivity index (χ0v) is 22.3. The summed E-state index contributed by atoms with van der Waals surface area (Å²) in [6, 6.07) is 19.6. The van der Waals surface area contributed by atoms with Gasteiger partial charge in [-0.05, 0) is 87.1 Å².